The predicted molar refractivity (Wildman–Crippen MR) is 148 cm³/mol. The van der Waals surface area contributed by atoms with Crippen molar-refractivity contribution < 1.29 is 9.59 Å². The Hall–Kier alpha value is -2.08. The van der Waals surface area contributed by atoms with E-state index in [1.807, 2.05) is 18.2 Å². The van der Waals surface area contributed by atoms with Crippen LogP contribution in [0.1, 0.15) is 108 Å². The van der Waals surface area contributed by atoms with Crippen molar-refractivity contribution in [2.45, 2.75) is 97.8 Å². The lowest BCUT2D eigenvalue weighted by Gasteiger charge is -2.23. The minimum Gasteiger partial charge on any atom is -0.371 e. The van der Waals surface area contributed by atoms with Gasteiger partial charge in [0.2, 0.25) is 5.91 Å². The fourth-order valence-electron chi connectivity index (χ4n) is 4.81. The number of hydrogen-bond acceptors (Lipinski definition) is 4. The number of rotatable bonds is 18. The van der Waals surface area contributed by atoms with Crippen LogP contribution in [-0.2, 0) is 4.79 Å². The number of likely N-dealkylation sites (N-methyl/N-ethyl adjacent to an activating group) is 1. The molecule has 198 valence electrons. The van der Waals surface area contributed by atoms with E-state index in [1.165, 1.54) is 44.9 Å². The van der Waals surface area contributed by atoms with Crippen molar-refractivity contribution in [2.24, 2.45) is 0 Å². The quantitative estimate of drug-likeness (QED) is 0.242. The Balaban J connectivity index is 1.85. The summed E-state index contributed by atoms with van der Waals surface area (Å²) in [5.74, 6) is -0.0242. The molecular formula is C29H50N4O2. The van der Waals surface area contributed by atoms with Gasteiger partial charge in [0, 0.05) is 44.0 Å². The van der Waals surface area contributed by atoms with Crippen LogP contribution in [0.4, 0.5) is 11.4 Å². The lowest BCUT2D eigenvalue weighted by Crippen LogP contribution is -2.35. The molecule has 6 heteroatoms. The Morgan fingerprint density at radius 3 is 2.14 bits per heavy atom. The summed E-state index contributed by atoms with van der Waals surface area (Å²) in [4.78, 5) is 30.2. The van der Waals surface area contributed by atoms with Crippen molar-refractivity contribution in [3.8, 4) is 0 Å². The van der Waals surface area contributed by atoms with Crippen molar-refractivity contribution in [3.05, 3.63) is 23.8 Å². The first-order valence-electron chi connectivity index (χ1n) is 14.3. The molecule has 1 fully saturated rings. The third-order valence-corrected chi connectivity index (χ3v) is 7.09. The molecule has 0 bridgehead atoms. The summed E-state index contributed by atoms with van der Waals surface area (Å²) >= 11 is 0. The summed E-state index contributed by atoms with van der Waals surface area (Å²) in [6.07, 6.45) is 14.0. The third-order valence-electron chi connectivity index (χ3n) is 7.09. The van der Waals surface area contributed by atoms with Crippen molar-refractivity contribution in [1.82, 2.24) is 10.2 Å². The molecule has 35 heavy (non-hydrogen) atoms. The molecule has 2 amide bonds. The standard InChI is InChI=1S/C29H50N4O2/c1-4-7-8-9-10-11-12-13-14-17-28(34)31-25-18-19-27(33-21-15-16-22-33)26(24-25)29(35)30-20-23-32(5-2)6-3/h18-19,24H,4-17,20-23H2,1-3H3,(H,30,35)(H,31,34). The van der Waals surface area contributed by atoms with Gasteiger partial charge in [-0.15, -0.1) is 0 Å². The first kappa shape index (κ1) is 29.2. The Morgan fingerprint density at radius 1 is 0.886 bits per heavy atom. The summed E-state index contributed by atoms with van der Waals surface area (Å²) in [5.41, 5.74) is 2.34. The van der Waals surface area contributed by atoms with Gasteiger partial charge in [-0.3, -0.25) is 9.59 Å². The van der Waals surface area contributed by atoms with Crippen LogP contribution in [0.5, 0.6) is 0 Å². The van der Waals surface area contributed by atoms with Crippen LogP contribution in [0.15, 0.2) is 18.2 Å². The topological polar surface area (TPSA) is 64.7 Å². The maximum atomic E-state index is 13.1. The Labute approximate surface area is 214 Å². The highest BCUT2D eigenvalue weighted by molar-refractivity contribution is 6.02. The van der Waals surface area contributed by atoms with Crippen LogP contribution in [0.3, 0.4) is 0 Å². The van der Waals surface area contributed by atoms with Crippen LogP contribution in [0.2, 0.25) is 0 Å². The fraction of sp³-hybridized carbons (Fsp3) is 0.724. The van der Waals surface area contributed by atoms with Crippen molar-refractivity contribution in [2.75, 3.05) is 49.5 Å². The zero-order chi connectivity index (χ0) is 25.3. The number of carbonyl (C=O) groups excluding carboxylic acids is 2. The first-order valence-corrected chi connectivity index (χ1v) is 14.3. The van der Waals surface area contributed by atoms with E-state index in [0.717, 1.165) is 64.1 Å². The highest BCUT2D eigenvalue weighted by atomic mass is 16.2. The molecule has 6 nitrogen and oxygen atoms in total. The van der Waals surface area contributed by atoms with Crippen LogP contribution >= 0.6 is 0 Å². The van der Waals surface area contributed by atoms with E-state index in [0.29, 0.717) is 24.2 Å². The molecule has 0 unspecified atom stereocenters. The van der Waals surface area contributed by atoms with Gasteiger partial charge in [-0.2, -0.15) is 0 Å². The molecule has 1 heterocycles. The van der Waals surface area contributed by atoms with Gasteiger partial charge >= 0.3 is 0 Å². The molecule has 0 atom stereocenters. The lowest BCUT2D eigenvalue weighted by molar-refractivity contribution is -0.116. The maximum absolute atomic E-state index is 13.1. The van der Waals surface area contributed by atoms with Gasteiger partial charge in [-0.25, -0.2) is 0 Å². The molecule has 2 rings (SSSR count). The molecule has 0 saturated carbocycles. The van der Waals surface area contributed by atoms with E-state index in [2.05, 4.69) is 41.2 Å². The molecule has 0 aromatic heterocycles. The van der Waals surface area contributed by atoms with E-state index >= 15 is 0 Å². The van der Waals surface area contributed by atoms with Gasteiger partial charge in [0.15, 0.2) is 0 Å². The normalized spacial score (nSPS) is 13.4. The fourth-order valence-corrected chi connectivity index (χ4v) is 4.81. The molecule has 0 radical (unpaired) electrons. The van der Waals surface area contributed by atoms with E-state index < -0.39 is 0 Å². The minimum absolute atomic E-state index is 0.0368. The van der Waals surface area contributed by atoms with Crippen LogP contribution < -0.4 is 15.5 Å². The second-order valence-corrected chi connectivity index (χ2v) is 9.84. The summed E-state index contributed by atoms with van der Waals surface area (Å²) in [6.45, 7) is 11.9. The van der Waals surface area contributed by atoms with Crippen LogP contribution in [-0.4, -0.2) is 56.0 Å². The second kappa shape index (κ2) is 17.4. The molecule has 0 aliphatic carbocycles. The zero-order valence-electron chi connectivity index (χ0n) is 22.7. The van der Waals surface area contributed by atoms with Crippen molar-refractivity contribution >= 4 is 23.2 Å². The number of nitrogens with one attached hydrogen (secondary N) is 2. The smallest absolute Gasteiger partial charge is 0.253 e. The van der Waals surface area contributed by atoms with Gasteiger partial charge in [0.05, 0.1) is 5.56 Å². The van der Waals surface area contributed by atoms with Crippen molar-refractivity contribution in [3.63, 3.8) is 0 Å². The lowest BCUT2D eigenvalue weighted by atomic mass is 10.1. The average Bonchev–Trinajstić information content (AvgIpc) is 3.40. The van der Waals surface area contributed by atoms with Crippen LogP contribution in [0, 0.1) is 0 Å². The molecule has 1 aromatic carbocycles. The highest BCUT2D eigenvalue weighted by Crippen LogP contribution is 2.28. The SMILES string of the molecule is CCCCCCCCCCCC(=O)Nc1ccc(N2CCCC2)c(C(=O)NCCN(CC)CC)c1. The van der Waals surface area contributed by atoms with Gasteiger partial charge in [0.25, 0.3) is 5.91 Å². The largest absolute Gasteiger partial charge is 0.371 e. The summed E-state index contributed by atoms with van der Waals surface area (Å²) in [6, 6.07) is 5.79. The number of benzene rings is 1. The van der Waals surface area contributed by atoms with E-state index in [4.69, 9.17) is 0 Å². The van der Waals surface area contributed by atoms with Gasteiger partial charge in [0.1, 0.15) is 0 Å². The molecule has 1 aliphatic rings. The first-order chi connectivity index (χ1) is 17.1. The zero-order valence-corrected chi connectivity index (χ0v) is 22.7. The molecule has 0 spiro atoms. The molecule has 1 aromatic rings. The molecular weight excluding hydrogens is 436 g/mol. The Morgan fingerprint density at radius 2 is 1.51 bits per heavy atom. The van der Waals surface area contributed by atoms with Crippen LogP contribution in [0.25, 0.3) is 0 Å². The number of carbonyl (C=O) groups is 2. The Bertz CT molecular complexity index is 742. The number of anilines is 2. The average molecular weight is 487 g/mol. The maximum Gasteiger partial charge on any atom is 0.253 e. The number of amides is 2. The number of hydrogen-bond donors (Lipinski definition) is 2. The molecule has 2 N–H and O–H groups in total. The monoisotopic (exact) mass is 486 g/mol. The summed E-state index contributed by atoms with van der Waals surface area (Å²) in [5, 5.41) is 6.12. The number of nitrogens with zero attached hydrogens (tertiary/aromatic N) is 2. The third kappa shape index (κ3) is 11.0. The van der Waals surface area contributed by atoms with E-state index in [1.54, 1.807) is 0 Å². The second-order valence-electron chi connectivity index (χ2n) is 9.84. The predicted octanol–water partition coefficient (Wildman–Crippen LogP) is 6.22. The van der Waals surface area contributed by atoms with E-state index in [9.17, 15) is 9.59 Å². The van der Waals surface area contributed by atoms with E-state index in [-0.39, 0.29) is 11.8 Å². The Kier molecular flexibility index (Phi) is 14.5. The van der Waals surface area contributed by atoms with Gasteiger partial charge < -0.3 is 20.4 Å². The van der Waals surface area contributed by atoms with Gasteiger partial charge in [-0.05, 0) is 50.6 Å². The number of unbranched alkanes of at least 4 members (excludes halogenated alkanes) is 8. The molecule has 1 saturated heterocycles. The summed E-state index contributed by atoms with van der Waals surface area (Å²) < 4.78 is 0. The van der Waals surface area contributed by atoms with Crippen molar-refractivity contribution in [1.29, 1.82) is 0 Å². The highest BCUT2D eigenvalue weighted by Gasteiger charge is 2.20. The summed E-state index contributed by atoms with van der Waals surface area (Å²) in [7, 11) is 0. The minimum atomic E-state index is -0.0610. The van der Waals surface area contributed by atoms with Gasteiger partial charge in [-0.1, -0.05) is 72.1 Å². The molecule has 1 aliphatic heterocycles.